The Morgan fingerprint density at radius 3 is 1.78 bits per heavy atom. The Morgan fingerprint density at radius 1 is 0.328 bits per heavy atom. The van der Waals surface area contributed by atoms with Crippen molar-refractivity contribution in [1.82, 2.24) is 19.5 Å². The number of nitrogens with zero attached hydrogens (tertiary/aromatic N) is 4. The minimum absolute atomic E-state index is 0.582. The second-order valence-electron chi connectivity index (χ2n) is 14.8. The molecule has 5 nitrogen and oxygen atoms in total. The van der Waals surface area contributed by atoms with Crippen LogP contribution in [-0.4, -0.2) is 19.5 Å². The van der Waals surface area contributed by atoms with E-state index in [1.807, 2.05) is 72.8 Å². The third-order valence-corrected chi connectivity index (χ3v) is 11.4. The Hall–Kier alpha value is -7.89. The topological polar surface area (TPSA) is 56.7 Å². The zero-order chi connectivity index (χ0) is 38.2. The maximum absolute atomic E-state index is 6.61. The van der Waals surface area contributed by atoms with Crippen LogP contribution >= 0.6 is 0 Å². The Labute approximate surface area is 333 Å². The molecule has 5 heteroatoms. The molecule has 12 rings (SSSR count). The molecular weight excluding hydrogens is 709 g/mol. The van der Waals surface area contributed by atoms with Gasteiger partial charge >= 0.3 is 0 Å². The Morgan fingerprint density at radius 2 is 0.983 bits per heavy atom. The van der Waals surface area contributed by atoms with Crippen LogP contribution in [0.4, 0.5) is 0 Å². The zero-order valence-corrected chi connectivity index (χ0v) is 31.2. The number of hydrogen-bond donors (Lipinski definition) is 0. The molecule has 0 radical (unpaired) electrons. The van der Waals surface area contributed by atoms with Gasteiger partial charge in [-0.3, -0.25) is 0 Å². The number of para-hydroxylation sites is 2. The molecule has 0 fully saturated rings. The highest BCUT2D eigenvalue weighted by Crippen LogP contribution is 2.43. The largest absolute Gasteiger partial charge is 0.456 e. The average molecular weight is 741 g/mol. The fourth-order valence-corrected chi connectivity index (χ4v) is 8.66. The van der Waals surface area contributed by atoms with Crippen LogP contribution in [0.15, 0.2) is 199 Å². The quantitative estimate of drug-likeness (QED) is 0.176. The van der Waals surface area contributed by atoms with E-state index in [1.54, 1.807) is 0 Å². The van der Waals surface area contributed by atoms with Crippen molar-refractivity contribution >= 4 is 65.3 Å². The Kier molecular flexibility index (Phi) is 7.16. The van der Waals surface area contributed by atoms with Gasteiger partial charge in [0.15, 0.2) is 17.5 Å². The Balaban J connectivity index is 1.19. The van der Waals surface area contributed by atoms with Gasteiger partial charge < -0.3 is 8.98 Å². The average Bonchev–Trinajstić information content (AvgIpc) is 3.82. The smallest absolute Gasteiger partial charge is 0.166 e. The standard InChI is InChI=1S/C53H32N4O/c1-3-15-34(16-4-1)51-54-52(35-17-5-2-6-18-35)56-53(55-51)45-30-44-41-22-10-12-25-49(41)58-50(44)32-48(45)57-46-24-11-9-21-40(46)43-29-37-20-13-23-39(42(37)31-47(43)57)38-27-26-33-14-7-8-19-36(33)28-38/h1-32H. The van der Waals surface area contributed by atoms with Crippen LogP contribution in [0.5, 0.6) is 0 Å². The first-order chi connectivity index (χ1) is 28.7. The summed E-state index contributed by atoms with van der Waals surface area (Å²) in [6.07, 6.45) is 0. The van der Waals surface area contributed by atoms with Crippen molar-refractivity contribution in [3.8, 4) is 51.0 Å². The monoisotopic (exact) mass is 740 g/mol. The van der Waals surface area contributed by atoms with Crippen LogP contribution in [0.3, 0.4) is 0 Å². The van der Waals surface area contributed by atoms with E-state index in [0.29, 0.717) is 17.5 Å². The van der Waals surface area contributed by atoms with Crippen molar-refractivity contribution in [3.05, 3.63) is 194 Å². The number of furan rings is 1. The van der Waals surface area contributed by atoms with Crippen molar-refractivity contribution in [2.24, 2.45) is 0 Å². The van der Waals surface area contributed by atoms with Gasteiger partial charge in [0.25, 0.3) is 0 Å². The van der Waals surface area contributed by atoms with Gasteiger partial charge in [0.2, 0.25) is 0 Å². The van der Waals surface area contributed by atoms with Crippen LogP contribution in [0.2, 0.25) is 0 Å². The van der Waals surface area contributed by atoms with Crippen molar-refractivity contribution in [2.75, 3.05) is 0 Å². The van der Waals surface area contributed by atoms with Gasteiger partial charge in [-0.05, 0) is 69.1 Å². The van der Waals surface area contributed by atoms with Crippen molar-refractivity contribution in [3.63, 3.8) is 0 Å². The lowest BCUT2D eigenvalue weighted by Crippen LogP contribution is -2.03. The van der Waals surface area contributed by atoms with E-state index < -0.39 is 0 Å². The summed E-state index contributed by atoms with van der Waals surface area (Å²) < 4.78 is 8.98. The summed E-state index contributed by atoms with van der Waals surface area (Å²) in [6.45, 7) is 0. The molecule has 9 aromatic carbocycles. The fourth-order valence-electron chi connectivity index (χ4n) is 8.66. The van der Waals surface area contributed by atoms with E-state index in [2.05, 4.69) is 126 Å². The summed E-state index contributed by atoms with van der Waals surface area (Å²) in [6, 6.07) is 68.2. The predicted octanol–water partition coefficient (Wildman–Crippen LogP) is 13.8. The zero-order valence-electron chi connectivity index (χ0n) is 31.2. The predicted molar refractivity (Wildman–Crippen MR) is 238 cm³/mol. The molecule has 0 saturated carbocycles. The molecule has 0 bridgehead atoms. The van der Waals surface area contributed by atoms with Crippen LogP contribution in [0, 0.1) is 0 Å². The van der Waals surface area contributed by atoms with Gasteiger partial charge in [-0.1, -0.05) is 152 Å². The van der Waals surface area contributed by atoms with Gasteiger partial charge in [-0.25, -0.2) is 15.0 Å². The van der Waals surface area contributed by atoms with Crippen molar-refractivity contribution in [1.29, 1.82) is 0 Å². The first kappa shape index (κ1) is 32.4. The summed E-state index contributed by atoms with van der Waals surface area (Å²) >= 11 is 0. The van der Waals surface area contributed by atoms with E-state index in [-0.39, 0.29) is 0 Å². The summed E-state index contributed by atoms with van der Waals surface area (Å²) in [5.74, 6) is 1.81. The van der Waals surface area contributed by atoms with E-state index in [0.717, 1.165) is 60.7 Å². The molecule has 3 aromatic heterocycles. The third-order valence-electron chi connectivity index (χ3n) is 11.4. The molecule has 270 valence electrons. The molecule has 0 unspecified atom stereocenters. The summed E-state index contributed by atoms with van der Waals surface area (Å²) in [7, 11) is 0. The number of aromatic nitrogens is 4. The highest BCUT2D eigenvalue weighted by atomic mass is 16.3. The van der Waals surface area contributed by atoms with Gasteiger partial charge in [-0.15, -0.1) is 0 Å². The molecule has 0 saturated heterocycles. The molecular formula is C53H32N4O. The normalized spacial score (nSPS) is 11.8. The number of rotatable bonds is 5. The minimum Gasteiger partial charge on any atom is -0.456 e. The number of hydrogen-bond acceptors (Lipinski definition) is 4. The number of benzene rings is 9. The van der Waals surface area contributed by atoms with E-state index in [4.69, 9.17) is 19.4 Å². The molecule has 12 aromatic rings. The maximum atomic E-state index is 6.61. The molecule has 0 spiro atoms. The van der Waals surface area contributed by atoms with Gasteiger partial charge in [0.1, 0.15) is 11.2 Å². The van der Waals surface area contributed by atoms with Crippen molar-refractivity contribution < 1.29 is 4.42 Å². The second-order valence-corrected chi connectivity index (χ2v) is 14.8. The molecule has 3 heterocycles. The summed E-state index contributed by atoms with van der Waals surface area (Å²) in [4.78, 5) is 15.6. The first-order valence-electron chi connectivity index (χ1n) is 19.5. The molecule has 0 N–H and O–H groups in total. The van der Waals surface area contributed by atoms with Crippen LogP contribution in [0.1, 0.15) is 0 Å². The lowest BCUT2D eigenvalue weighted by Gasteiger charge is -2.16. The van der Waals surface area contributed by atoms with Crippen molar-refractivity contribution in [2.45, 2.75) is 0 Å². The highest BCUT2D eigenvalue weighted by molar-refractivity contribution is 6.16. The highest BCUT2D eigenvalue weighted by Gasteiger charge is 2.23. The molecule has 0 amide bonds. The minimum atomic E-state index is 0.582. The lowest BCUT2D eigenvalue weighted by molar-refractivity contribution is 0.668. The van der Waals surface area contributed by atoms with Crippen LogP contribution in [-0.2, 0) is 0 Å². The van der Waals surface area contributed by atoms with E-state index >= 15 is 0 Å². The second kappa shape index (κ2) is 12.8. The lowest BCUT2D eigenvalue weighted by atomic mass is 9.95. The molecule has 0 atom stereocenters. The van der Waals surface area contributed by atoms with Crippen LogP contribution in [0.25, 0.3) is 116 Å². The van der Waals surface area contributed by atoms with Gasteiger partial charge in [0.05, 0.1) is 16.7 Å². The number of fused-ring (bicyclic) bond motifs is 8. The third kappa shape index (κ3) is 5.14. The van der Waals surface area contributed by atoms with E-state index in [9.17, 15) is 0 Å². The Bertz CT molecular complexity index is 3510. The molecule has 0 aliphatic carbocycles. The summed E-state index contributed by atoms with van der Waals surface area (Å²) in [5, 5.41) is 9.19. The summed E-state index contributed by atoms with van der Waals surface area (Å²) in [5.41, 5.74) is 9.80. The van der Waals surface area contributed by atoms with Gasteiger partial charge in [-0.2, -0.15) is 0 Å². The molecule has 0 aliphatic rings. The molecule has 0 aliphatic heterocycles. The fraction of sp³-hybridized carbons (Fsp3) is 0. The van der Waals surface area contributed by atoms with Crippen LogP contribution < -0.4 is 0 Å². The van der Waals surface area contributed by atoms with E-state index in [1.165, 1.54) is 38.1 Å². The first-order valence-corrected chi connectivity index (χ1v) is 19.5. The maximum Gasteiger partial charge on any atom is 0.166 e. The van der Waals surface area contributed by atoms with Gasteiger partial charge in [0, 0.05) is 44.3 Å². The molecule has 58 heavy (non-hydrogen) atoms. The SMILES string of the molecule is c1ccc(-c2nc(-c3ccccc3)nc(-c3cc4c(cc3-n3c5ccccc5c5cc6cccc(-c7ccc8ccccc8c7)c6cc53)oc3ccccc34)n2)cc1.